The van der Waals surface area contributed by atoms with E-state index in [-0.39, 0.29) is 18.2 Å². The maximum Gasteiger partial charge on any atom is 0.410 e. The van der Waals surface area contributed by atoms with Crippen LogP contribution in [0.4, 0.5) is 10.6 Å². The fourth-order valence-electron chi connectivity index (χ4n) is 3.80. The van der Waals surface area contributed by atoms with Gasteiger partial charge >= 0.3 is 6.09 Å². The SMILES string of the molecule is COc1ccc(CCN2C(=O)O[C@@H]3CN(c4nc(C)cnc4C)C[C@@H]32)cc1. The summed E-state index contributed by atoms with van der Waals surface area (Å²) in [5, 5.41) is 0. The average molecular weight is 368 g/mol. The van der Waals surface area contributed by atoms with Crippen LogP contribution in [0.3, 0.4) is 0 Å². The second kappa shape index (κ2) is 7.06. The number of fused-ring (bicyclic) bond motifs is 1. The van der Waals surface area contributed by atoms with E-state index in [1.54, 1.807) is 13.3 Å². The number of carbonyl (C=O) groups excluding carboxylic acids is 1. The smallest absolute Gasteiger partial charge is 0.410 e. The van der Waals surface area contributed by atoms with E-state index in [0.29, 0.717) is 13.1 Å². The Labute approximate surface area is 158 Å². The summed E-state index contributed by atoms with van der Waals surface area (Å²) in [6.07, 6.45) is 2.22. The van der Waals surface area contributed by atoms with Gasteiger partial charge in [0.25, 0.3) is 0 Å². The van der Waals surface area contributed by atoms with Gasteiger partial charge in [0.05, 0.1) is 31.1 Å². The van der Waals surface area contributed by atoms with Crippen molar-refractivity contribution in [3.63, 3.8) is 0 Å². The van der Waals surface area contributed by atoms with Gasteiger partial charge in [0.2, 0.25) is 0 Å². The Kier molecular flexibility index (Phi) is 4.59. The van der Waals surface area contributed by atoms with Gasteiger partial charge in [-0.2, -0.15) is 0 Å². The maximum absolute atomic E-state index is 12.3. The van der Waals surface area contributed by atoms with Crippen molar-refractivity contribution in [1.82, 2.24) is 14.9 Å². The van der Waals surface area contributed by atoms with Crippen LogP contribution < -0.4 is 9.64 Å². The lowest BCUT2D eigenvalue weighted by Crippen LogP contribution is -2.39. The van der Waals surface area contributed by atoms with E-state index in [0.717, 1.165) is 35.9 Å². The summed E-state index contributed by atoms with van der Waals surface area (Å²) in [6, 6.07) is 8.00. The number of aryl methyl sites for hydroxylation is 2. The Hall–Kier alpha value is -2.83. The Balaban J connectivity index is 1.44. The molecule has 2 saturated heterocycles. The Morgan fingerprint density at radius 3 is 2.74 bits per heavy atom. The van der Waals surface area contributed by atoms with E-state index in [4.69, 9.17) is 9.47 Å². The van der Waals surface area contributed by atoms with Gasteiger partial charge in [-0.1, -0.05) is 12.1 Å². The zero-order valence-corrected chi connectivity index (χ0v) is 15.9. The topological polar surface area (TPSA) is 67.8 Å². The molecule has 2 fully saturated rings. The zero-order chi connectivity index (χ0) is 19.0. The predicted octanol–water partition coefficient (Wildman–Crippen LogP) is 2.35. The van der Waals surface area contributed by atoms with Crippen LogP contribution in [-0.4, -0.2) is 59.9 Å². The van der Waals surface area contributed by atoms with E-state index in [1.165, 1.54) is 5.56 Å². The molecule has 0 radical (unpaired) electrons. The first-order valence-corrected chi connectivity index (χ1v) is 9.20. The van der Waals surface area contributed by atoms with Gasteiger partial charge in [0.1, 0.15) is 11.9 Å². The molecule has 3 heterocycles. The number of hydrogen-bond donors (Lipinski definition) is 0. The number of nitrogens with zero attached hydrogens (tertiary/aromatic N) is 4. The van der Waals surface area contributed by atoms with Crippen molar-refractivity contribution >= 4 is 11.9 Å². The summed E-state index contributed by atoms with van der Waals surface area (Å²) >= 11 is 0. The van der Waals surface area contributed by atoms with Gasteiger partial charge in [0.15, 0.2) is 5.82 Å². The van der Waals surface area contributed by atoms with Gasteiger partial charge in [0, 0.05) is 19.3 Å². The van der Waals surface area contributed by atoms with Crippen molar-refractivity contribution in [3.8, 4) is 5.75 Å². The van der Waals surface area contributed by atoms with Crippen molar-refractivity contribution in [1.29, 1.82) is 0 Å². The fraction of sp³-hybridized carbons (Fsp3) is 0.450. The Morgan fingerprint density at radius 2 is 2.00 bits per heavy atom. The molecule has 0 spiro atoms. The van der Waals surface area contributed by atoms with Crippen LogP contribution in [0.2, 0.25) is 0 Å². The highest BCUT2D eigenvalue weighted by Gasteiger charge is 2.48. The van der Waals surface area contributed by atoms with E-state index < -0.39 is 0 Å². The molecule has 0 bridgehead atoms. The highest BCUT2D eigenvalue weighted by molar-refractivity contribution is 5.72. The highest BCUT2D eigenvalue weighted by Crippen LogP contribution is 2.30. The molecule has 2 aliphatic heterocycles. The summed E-state index contributed by atoms with van der Waals surface area (Å²) in [5.74, 6) is 1.72. The summed E-state index contributed by atoms with van der Waals surface area (Å²) < 4.78 is 10.8. The third-order valence-electron chi connectivity index (χ3n) is 5.27. The maximum atomic E-state index is 12.3. The fourth-order valence-corrected chi connectivity index (χ4v) is 3.80. The van der Waals surface area contributed by atoms with Crippen LogP contribution in [0.15, 0.2) is 30.5 Å². The Morgan fingerprint density at radius 1 is 1.22 bits per heavy atom. The molecule has 1 aromatic carbocycles. The number of amides is 1. The van der Waals surface area contributed by atoms with Gasteiger partial charge in [-0.3, -0.25) is 9.88 Å². The summed E-state index contributed by atoms with van der Waals surface area (Å²) in [5.41, 5.74) is 2.96. The standard InChI is InChI=1S/C20H24N4O3/c1-13-10-21-14(2)19(22-13)23-11-17-18(12-23)27-20(25)24(17)9-8-15-4-6-16(26-3)7-5-15/h4-7,10,17-18H,8-9,11-12H2,1-3H3/t17-,18+/m0/s1. The van der Waals surface area contributed by atoms with Crippen LogP contribution in [-0.2, 0) is 11.2 Å². The zero-order valence-electron chi connectivity index (χ0n) is 15.9. The second-order valence-electron chi connectivity index (χ2n) is 7.11. The van der Waals surface area contributed by atoms with Crippen LogP contribution >= 0.6 is 0 Å². The summed E-state index contributed by atoms with van der Waals surface area (Å²) in [4.78, 5) is 25.4. The van der Waals surface area contributed by atoms with Gasteiger partial charge in [-0.05, 0) is 38.0 Å². The molecule has 2 aliphatic rings. The molecule has 0 N–H and O–H groups in total. The van der Waals surface area contributed by atoms with Crippen molar-refractivity contribution in [2.45, 2.75) is 32.4 Å². The second-order valence-corrected chi connectivity index (χ2v) is 7.11. The first-order chi connectivity index (χ1) is 13.0. The van der Waals surface area contributed by atoms with Crippen molar-refractivity contribution in [2.75, 3.05) is 31.6 Å². The van der Waals surface area contributed by atoms with Gasteiger partial charge in [-0.15, -0.1) is 0 Å². The number of methoxy groups -OCH3 is 1. The third-order valence-corrected chi connectivity index (χ3v) is 5.27. The van der Waals surface area contributed by atoms with Gasteiger partial charge < -0.3 is 14.4 Å². The lowest BCUT2D eigenvalue weighted by Gasteiger charge is -2.24. The molecule has 4 rings (SSSR count). The van der Waals surface area contributed by atoms with E-state index in [9.17, 15) is 4.79 Å². The van der Waals surface area contributed by atoms with E-state index in [2.05, 4.69) is 14.9 Å². The molecule has 142 valence electrons. The van der Waals surface area contributed by atoms with Crippen LogP contribution in [0.25, 0.3) is 0 Å². The van der Waals surface area contributed by atoms with Crippen molar-refractivity contribution in [2.24, 2.45) is 0 Å². The molecule has 27 heavy (non-hydrogen) atoms. The average Bonchev–Trinajstić information content (AvgIpc) is 3.19. The van der Waals surface area contributed by atoms with E-state index >= 15 is 0 Å². The summed E-state index contributed by atoms with van der Waals surface area (Å²) in [6.45, 7) is 5.92. The number of ether oxygens (including phenoxy) is 2. The lowest BCUT2D eigenvalue weighted by molar-refractivity contribution is 0.136. The van der Waals surface area contributed by atoms with E-state index in [1.807, 2.05) is 43.0 Å². The van der Waals surface area contributed by atoms with Gasteiger partial charge in [-0.25, -0.2) is 9.78 Å². The van der Waals surface area contributed by atoms with Crippen LogP contribution in [0, 0.1) is 13.8 Å². The highest BCUT2D eigenvalue weighted by atomic mass is 16.6. The molecule has 2 atom stereocenters. The quantitative estimate of drug-likeness (QED) is 0.807. The molecule has 1 amide bonds. The minimum atomic E-state index is -0.217. The monoisotopic (exact) mass is 368 g/mol. The minimum absolute atomic E-state index is 0.0532. The first-order valence-electron chi connectivity index (χ1n) is 9.20. The molecule has 7 heteroatoms. The third kappa shape index (κ3) is 3.41. The largest absolute Gasteiger partial charge is 0.497 e. The molecule has 7 nitrogen and oxygen atoms in total. The van der Waals surface area contributed by atoms with Crippen molar-refractivity contribution in [3.05, 3.63) is 47.4 Å². The number of aromatic nitrogens is 2. The minimum Gasteiger partial charge on any atom is -0.497 e. The van der Waals surface area contributed by atoms with Crippen LogP contribution in [0.1, 0.15) is 17.0 Å². The molecular weight excluding hydrogens is 344 g/mol. The van der Waals surface area contributed by atoms with Crippen molar-refractivity contribution < 1.29 is 14.3 Å². The molecule has 2 aromatic rings. The molecular formula is C20H24N4O3. The van der Waals surface area contributed by atoms with Crippen LogP contribution in [0.5, 0.6) is 5.75 Å². The number of benzene rings is 1. The number of hydrogen-bond acceptors (Lipinski definition) is 6. The molecule has 0 unspecified atom stereocenters. The number of anilines is 1. The Bertz CT molecular complexity index is 840. The number of carbonyl (C=O) groups is 1. The molecule has 0 aliphatic carbocycles. The lowest BCUT2D eigenvalue weighted by atomic mass is 10.1. The molecule has 0 saturated carbocycles. The molecule has 1 aromatic heterocycles. The predicted molar refractivity (Wildman–Crippen MR) is 101 cm³/mol. The first kappa shape index (κ1) is 17.6. The normalized spacial score (nSPS) is 21.4. The summed E-state index contributed by atoms with van der Waals surface area (Å²) in [7, 11) is 1.65. The number of rotatable bonds is 5.